The summed E-state index contributed by atoms with van der Waals surface area (Å²) in [7, 11) is -6.86. The molecule has 0 saturated heterocycles. The van der Waals surface area contributed by atoms with E-state index >= 15 is 0 Å². The van der Waals surface area contributed by atoms with Crippen molar-refractivity contribution in [2.45, 2.75) is 6.42 Å². The van der Waals surface area contributed by atoms with E-state index in [1.807, 2.05) is 0 Å². The monoisotopic (exact) mass is 574 g/mol. The first-order valence-electron chi connectivity index (χ1n) is 9.05. The number of hydrogen-bond acceptors (Lipinski definition) is 12. The lowest BCUT2D eigenvalue weighted by molar-refractivity contribution is -0.394. The van der Waals surface area contributed by atoms with E-state index in [9.17, 15) is 42.6 Å². The molecular weight excluding hydrogens is 555 g/mol. The van der Waals surface area contributed by atoms with Gasteiger partial charge < -0.3 is 10.2 Å². The molecule has 0 saturated carbocycles. The molecule has 33 heavy (non-hydrogen) atoms. The highest BCUT2D eigenvalue weighted by Gasteiger charge is 2.35. The van der Waals surface area contributed by atoms with Gasteiger partial charge in [-0.3, -0.25) is 33.7 Å². The lowest BCUT2D eigenvalue weighted by Gasteiger charge is -2.24. The van der Waals surface area contributed by atoms with Crippen LogP contribution in [0.25, 0.3) is 0 Å². The molecule has 1 aromatic carbocycles. The van der Waals surface area contributed by atoms with Crippen molar-refractivity contribution in [2.24, 2.45) is 0 Å². The van der Waals surface area contributed by atoms with Crippen LogP contribution in [0.5, 0.6) is 0 Å². The Kier molecular flexibility index (Phi) is 11.5. The van der Waals surface area contributed by atoms with Crippen LogP contribution in [0.3, 0.4) is 0 Å². The Morgan fingerprint density at radius 2 is 1.85 bits per heavy atom. The molecule has 18 heteroatoms. The van der Waals surface area contributed by atoms with Crippen LogP contribution in [-0.2, 0) is 28.0 Å². The molecule has 1 rings (SSSR count). The molecule has 0 spiro atoms. The summed E-state index contributed by atoms with van der Waals surface area (Å²) in [4.78, 5) is 35.4. The normalized spacial score (nSPS) is 11.1. The number of alkyl halides is 1. The van der Waals surface area contributed by atoms with Crippen LogP contribution in [0.2, 0.25) is 0 Å². The van der Waals surface area contributed by atoms with Gasteiger partial charge in [0.15, 0.2) is 5.56 Å². The van der Waals surface area contributed by atoms with Gasteiger partial charge in [0, 0.05) is 31.0 Å². The number of nitrogens with one attached hydrogen (secondary N) is 1. The maximum absolute atomic E-state index is 12.7. The predicted molar refractivity (Wildman–Crippen MR) is 118 cm³/mol. The number of carbonyl (C=O) groups excluding carboxylic acids is 1. The third-order valence-electron chi connectivity index (χ3n) is 3.90. The first-order valence-corrected chi connectivity index (χ1v) is 13.1. The van der Waals surface area contributed by atoms with Crippen molar-refractivity contribution in [1.29, 1.82) is 0 Å². The molecule has 0 fully saturated rings. The SMILES string of the molecule is CS(=O)(=O)OCCN(CCBr)c1ccc([N+](=O)[O-])c(C(=O)NCCCOP(=O)=O)c1[N+](=O)[O-]. The van der Waals surface area contributed by atoms with E-state index < -0.39 is 50.7 Å². The zero-order valence-corrected chi connectivity index (χ0v) is 20.5. The Balaban J connectivity index is 3.35. The molecular formula is C15H20BrN4O11PS. The van der Waals surface area contributed by atoms with Gasteiger partial charge in [0.2, 0.25) is 0 Å². The molecule has 0 unspecified atom stereocenters. The number of anilines is 1. The van der Waals surface area contributed by atoms with Crippen molar-refractivity contribution in [3.8, 4) is 0 Å². The Hall–Kier alpha value is -2.46. The summed E-state index contributed by atoms with van der Waals surface area (Å²) in [5.41, 5.74) is -2.62. The van der Waals surface area contributed by atoms with E-state index in [0.717, 1.165) is 18.4 Å². The van der Waals surface area contributed by atoms with Crippen molar-refractivity contribution < 1.29 is 40.9 Å². The highest BCUT2D eigenvalue weighted by molar-refractivity contribution is 9.09. The van der Waals surface area contributed by atoms with Gasteiger partial charge >= 0.3 is 13.6 Å². The summed E-state index contributed by atoms with van der Waals surface area (Å²) < 4.78 is 52.1. The first-order chi connectivity index (χ1) is 15.4. The number of hydrogen-bond donors (Lipinski definition) is 1. The van der Waals surface area contributed by atoms with Crippen molar-refractivity contribution in [1.82, 2.24) is 5.32 Å². The van der Waals surface area contributed by atoms with Crippen LogP contribution >= 0.6 is 23.8 Å². The molecule has 0 radical (unpaired) electrons. The fraction of sp³-hybridized carbons (Fsp3) is 0.533. The lowest BCUT2D eigenvalue weighted by atomic mass is 10.1. The highest BCUT2D eigenvalue weighted by Crippen LogP contribution is 2.37. The van der Waals surface area contributed by atoms with Gasteiger partial charge in [0.1, 0.15) is 5.69 Å². The summed E-state index contributed by atoms with van der Waals surface area (Å²) in [5, 5.41) is 25.9. The Morgan fingerprint density at radius 1 is 1.18 bits per heavy atom. The smallest absolute Gasteiger partial charge is 0.363 e. The lowest BCUT2D eigenvalue weighted by Crippen LogP contribution is -2.32. The molecule has 184 valence electrons. The molecule has 0 heterocycles. The molecule has 1 amide bonds. The van der Waals surface area contributed by atoms with E-state index in [0.29, 0.717) is 5.33 Å². The van der Waals surface area contributed by atoms with Crippen LogP contribution in [0, 0.1) is 20.2 Å². The molecule has 0 aliphatic carbocycles. The summed E-state index contributed by atoms with van der Waals surface area (Å²) in [5.74, 6) is -1.12. The second kappa shape index (κ2) is 13.3. The van der Waals surface area contributed by atoms with Crippen molar-refractivity contribution in [3.63, 3.8) is 0 Å². The summed E-state index contributed by atoms with van der Waals surface area (Å²) >= 11 is 3.17. The average Bonchev–Trinajstić information content (AvgIpc) is 2.70. The third kappa shape index (κ3) is 9.51. The zero-order chi connectivity index (χ0) is 25.2. The van der Waals surface area contributed by atoms with E-state index in [-0.39, 0.29) is 45.0 Å². The predicted octanol–water partition coefficient (Wildman–Crippen LogP) is 1.90. The van der Waals surface area contributed by atoms with Gasteiger partial charge in [-0.05, 0) is 12.5 Å². The maximum atomic E-state index is 12.7. The fourth-order valence-corrected chi connectivity index (χ4v) is 3.72. The van der Waals surface area contributed by atoms with Gasteiger partial charge in [-0.15, -0.1) is 0 Å². The Labute approximate surface area is 196 Å². The molecule has 0 aromatic heterocycles. The number of carbonyl (C=O) groups is 1. The van der Waals surface area contributed by atoms with E-state index in [1.54, 1.807) is 0 Å². The van der Waals surface area contributed by atoms with Crippen LogP contribution in [0.15, 0.2) is 12.1 Å². The van der Waals surface area contributed by atoms with E-state index in [4.69, 9.17) is 0 Å². The first kappa shape index (κ1) is 28.6. The number of nitro benzene ring substituents is 2. The second-order valence-electron chi connectivity index (χ2n) is 6.21. The van der Waals surface area contributed by atoms with Crippen LogP contribution in [-0.4, -0.2) is 68.6 Å². The van der Waals surface area contributed by atoms with Gasteiger partial charge in [-0.1, -0.05) is 15.9 Å². The number of nitro groups is 2. The van der Waals surface area contributed by atoms with Crippen molar-refractivity contribution in [3.05, 3.63) is 37.9 Å². The van der Waals surface area contributed by atoms with Gasteiger partial charge in [0.25, 0.3) is 21.7 Å². The van der Waals surface area contributed by atoms with E-state index in [2.05, 4.69) is 30.0 Å². The summed E-state index contributed by atoms with van der Waals surface area (Å²) in [6, 6.07) is 2.02. The summed E-state index contributed by atoms with van der Waals surface area (Å²) in [6.45, 7) is -0.805. The second-order valence-corrected chi connectivity index (χ2v) is 9.35. The van der Waals surface area contributed by atoms with Crippen LogP contribution < -0.4 is 10.2 Å². The molecule has 0 aliphatic heterocycles. The number of amides is 1. The standard InChI is InChI=1S/C15H20BrN4O11PS/c1-33(28,29)31-10-8-18(7-5-16)12-4-3-11(19(22)23)13(14(12)20(24)25)15(21)17-6-2-9-30-32(26)27/h3-4H,2,5-10H2,1H3,(H,17,21). The minimum Gasteiger partial charge on any atom is -0.363 e. The van der Waals surface area contributed by atoms with Gasteiger partial charge in [-0.2, -0.15) is 8.42 Å². The molecule has 0 bridgehead atoms. The average molecular weight is 575 g/mol. The fourth-order valence-electron chi connectivity index (χ4n) is 2.64. The quantitative estimate of drug-likeness (QED) is 0.0795. The van der Waals surface area contributed by atoms with Crippen LogP contribution in [0.1, 0.15) is 16.8 Å². The highest BCUT2D eigenvalue weighted by atomic mass is 79.9. The van der Waals surface area contributed by atoms with Crippen molar-refractivity contribution >= 4 is 56.9 Å². The molecule has 15 nitrogen and oxygen atoms in total. The third-order valence-corrected chi connectivity index (χ3v) is 5.24. The molecule has 0 atom stereocenters. The number of halogens is 1. The number of benzene rings is 1. The largest absolute Gasteiger partial charge is 0.468 e. The Morgan fingerprint density at radius 3 is 2.36 bits per heavy atom. The Bertz CT molecular complexity index is 1060. The number of nitrogens with zero attached hydrogens (tertiary/aromatic N) is 3. The molecule has 1 aromatic rings. The minimum absolute atomic E-state index is 0.0227. The topological polar surface area (TPSA) is 205 Å². The van der Waals surface area contributed by atoms with Gasteiger partial charge in [0.05, 0.1) is 29.3 Å². The summed E-state index contributed by atoms with van der Waals surface area (Å²) in [6.07, 6.45) is 0.855. The van der Waals surface area contributed by atoms with E-state index in [1.165, 1.54) is 4.90 Å². The van der Waals surface area contributed by atoms with Crippen LogP contribution in [0.4, 0.5) is 17.1 Å². The zero-order valence-electron chi connectivity index (χ0n) is 17.2. The minimum atomic E-state index is -3.78. The van der Waals surface area contributed by atoms with Gasteiger partial charge in [-0.25, -0.2) is 9.13 Å². The molecule has 1 N–H and O–H groups in total. The van der Waals surface area contributed by atoms with Crippen molar-refractivity contribution in [2.75, 3.05) is 49.3 Å². The molecule has 0 aliphatic rings. The number of rotatable bonds is 15. The maximum Gasteiger partial charge on any atom is 0.468 e.